The molecular formula is C17H29NO3. The minimum atomic E-state index is -0.784. The van der Waals surface area contributed by atoms with E-state index in [0.717, 1.165) is 37.0 Å². The van der Waals surface area contributed by atoms with Gasteiger partial charge in [-0.15, -0.1) is 0 Å². The summed E-state index contributed by atoms with van der Waals surface area (Å²) in [6, 6.07) is 7.74. The summed E-state index contributed by atoms with van der Waals surface area (Å²) in [6.45, 7) is 4.45. The molecule has 4 N–H and O–H groups in total. The number of aryl methyl sites for hydroxylation is 1. The molecular weight excluding hydrogens is 266 g/mol. The van der Waals surface area contributed by atoms with Crippen molar-refractivity contribution in [2.45, 2.75) is 64.2 Å². The van der Waals surface area contributed by atoms with Crippen LogP contribution in [0.15, 0.2) is 24.3 Å². The highest BCUT2D eigenvalue weighted by molar-refractivity contribution is 5.28. The summed E-state index contributed by atoms with van der Waals surface area (Å²) < 4.78 is 5.78. The van der Waals surface area contributed by atoms with Crippen LogP contribution in [0.1, 0.15) is 51.5 Å². The molecule has 0 saturated heterocycles. The normalized spacial score (nSPS) is 13.2. The van der Waals surface area contributed by atoms with Gasteiger partial charge >= 0.3 is 0 Å². The first-order valence-electron chi connectivity index (χ1n) is 7.87. The van der Waals surface area contributed by atoms with Crippen molar-refractivity contribution in [3.63, 3.8) is 0 Å². The van der Waals surface area contributed by atoms with Crippen molar-refractivity contribution in [2.24, 2.45) is 5.73 Å². The number of hydrogen-bond donors (Lipinski definition) is 3. The third-order valence-corrected chi connectivity index (χ3v) is 3.57. The Balaban J connectivity index is 2.59. The highest BCUT2D eigenvalue weighted by Crippen LogP contribution is 2.22. The molecule has 4 heteroatoms. The summed E-state index contributed by atoms with van der Waals surface area (Å²) in [6.07, 6.45) is 3.83. The summed E-state index contributed by atoms with van der Waals surface area (Å²) in [4.78, 5) is 0. The van der Waals surface area contributed by atoms with Gasteiger partial charge in [-0.25, -0.2) is 0 Å². The number of benzene rings is 1. The smallest absolute Gasteiger partial charge is 0.119 e. The fraction of sp³-hybridized carbons (Fsp3) is 0.647. The molecule has 0 aliphatic carbocycles. The Morgan fingerprint density at radius 3 is 2.48 bits per heavy atom. The minimum absolute atomic E-state index is 0.317. The molecule has 4 nitrogen and oxygen atoms in total. The predicted molar refractivity (Wildman–Crippen MR) is 85.2 cm³/mol. The molecule has 0 spiro atoms. The standard InChI is InChI=1S/C17H29NO3/c1-3-10-17(20,11-4-2)13-21-15-7-5-6-14(12-15)8-9-16(18)19/h5-7,12,16,19-20H,3-4,8-11,13,18H2,1-2H3. The van der Waals surface area contributed by atoms with Gasteiger partial charge in [-0.3, -0.25) is 0 Å². The van der Waals surface area contributed by atoms with E-state index in [4.69, 9.17) is 15.6 Å². The molecule has 1 aromatic carbocycles. The number of nitrogens with two attached hydrogens (primary N) is 1. The van der Waals surface area contributed by atoms with Crippen LogP contribution in [-0.2, 0) is 6.42 Å². The Morgan fingerprint density at radius 1 is 1.24 bits per heavy atom. The fourth-order valence-corrected chi connectivity index (χ4v) is 2.52. The Kier molecular flexibility index (Phi) is 7.72. The van der Waals surface area contributed by atoms with Crippen LogP contribution in [0.5, 0.6) is 5.75 Å². The minimum Gasteiger partial charge on any atom is -0.491 e. The lowest BCUT2D eigenvalue weighted by Crippen LogP contribution is -2.35. The van der Waals surface area contributed by atoms with Crippen LogP contribution < -0.4 is 10.5 Å². The van der Waals surface area contributed by atoms with Gasteiger partial charge in [-0.2, -0.15) is 0 Å². The number of aliphatic hydroxyl groups excluding tert-OH is 1. The van der Waals surface area contributed by atoms with Crippen molar-refractivity contribution in [2.75, 3.05) is 6.61 Å². The third kappa shape index (κ3) is 6.93. The fourth-order valence-electron chi connectivity index (χ4n) is 2.52. The molecule has 0 saturated carbocycles. The van der Waals surface area contributed by atoms with Gasteiger partial charge in [0, 0.05) is 0 Å². The largest absolute Gasteiger partial charge is 0.491 e. The zero-order valence-electron chi connectivity index (χ0n) is 13.2. The molecule has 1 unspecified atom stereocenters. The maximum atomic E-state index is 10.5. The summed E-state index contributed by atoms with van der Waals surface area (Å²) >= 11 is 0. The van der Waals surface area contributed by atoms with E-state index < -0.39 is 11.8 Å². The molecule has 0 aliphatic rings. The van der Waals surface area contributed by atoms with E-state index in [1.807, 2.05) is 24.3 Å². The first-order chi connectivity index (χ1) is 9.99. The average Bonchev–Trinajstić information content (AvgIpc) is 2.44. The van der Waals surface area contributed by atoms with Crippen molar-refractivity contribution < 1.29 is 14.9 Å². The number of aliphatic hydroxyl groups is 2. The van der Waals surface area contributed by atoms with Crippen LogP contribution in [0.25, 0.3) is 0 Å². The first kappa shape index (κ1) is 18.0. The summed E-state index contributed by atoms with van der Waals surface area (Å²) in [5.41, 5.74) is 5.68. The van der Waals surface area contributed by atoms with Crippen molar-refractivity contribution >= 4 is 0 Å². The van der Waals surface area contributed by atoms with Crippen molar-refractivity contribution in [3.8, 4) is 5.75 Å². The second-order valence-corrected chi connectivity index (χ2v) is 5.77. The van der Waals surface area contributed by atoms with Crippen molar-refractivity contribution in [3.05, 3.63) is 29.8 Å². The topological polar surface area (TPSA) is 75.7 Å². The molecule has 21 heavy (non-hydrogen) atoms. The summed E-state index contributed by atoms with van der Waals surface area (Å²) in [7, 11) is 0. The molecule has 0 heterocycles. The average molecular weight is 295 g/mol. The van der Waals surface area contributed by atoms with Crippen LogP contribution in [0, 0.1) is 0 Å². The molecule has 0 amide bonds. The van der Waals surface area contributed by atoms with E-state index in [0.29, 0.717) is 19.4 Å². The molecule has 0 aromatic heterocycles. The number of rotatable bonds is 10. The van der Waals surface area contributed by atoms with Crippen LogP contribution in [0.4, 0.5) is 0 Å². The molecule has 0 fully saturated rings. The summed E-state index contributed by atoms with van der Waals surface area (Å²) in [5, 5.41) is 19.7. The molecule has 120 valence electrons. The van der Waals surface area contributed by atoms with Gasteiger partial charge in [-0.05, 0) is 43.4 Å². The van der Waals surface area contributed by atoms with Gasteiger partial charge in [0.25, 0.3) is 0 Å². The van der Waals surface area contributed by atoms with E-state index in [1.54, 1.807) is 0 Å². The zero-order chi connectivity index (χ0) is 15.7. The Hall–Kier alpha value is -1.10. The maximum absolute atomic E-state index is 10.5. The monoisotopic (exact) mass is 295 g/mol. The Labute approximate surface area is 127 Å². The molecule has 1 rings (SSSR count). The van der Waals surface area contributed by atoms with Gasteiger partial charge in [-0.1, -0.05) is 38.8 Å². The third-order valence-electron chi connectivity index (χ3n) is 3.57. The van der Waals surface area contributed by atoms with Gasteiger partial charge < -0.3 is 20.7 Å². The van der Waals surface area contributed by atoms with Gasteiger partial charge in [0.1, 0.15) is 18.6 Å². The molecule has 0 bridgehead atoms. The highest BCUT2D eigenvalue weighted by Gasteiger charge is 2.25. The lowest BCUT2D eigenvalue weighted by atomic mass is 9.94. The second-order valence-electron chi connectivity index (χ2n) is 5.77. The Morgan fingerprint density at radius 2 is 1.90 bits per heavy atom. The van der Waals surface area contributed by atoms with Crippen molar-refractivity contribution in [1.82, 2.24) is 0 Å². The Bertz CT molecular complexity index is 401. The first-order valence-corrected chi connectivity index (χ1v) is 7.87. The molecule has 0 aliphatic heterocycles. The van der Waals surface area contributed by atoms with Gasteiger partial charge in [0.05, 0.1) is 5.60 Å². The van der Waals surface area contributed by atoms with E-state index in [9.17, 15) is 5.11 Å². The van der Waals surface area contributed by atoms with Gasteiger partial charge in [0.15, 0.2) is 0 Å². The van der Waals surface area contributed by atoms with Crippen LogP contribution >= 0.6 is 0 Å². The van der Waals surface area contributed by atoms with E-state index >= 15 is 0 Å². The van der Waals surface area contributed by atoms with E-state index in [2.05, 4.69) is 13.8 Å². The van der Waals surface area contributed by atoms with Crippen LogP contribution in [0.3, 0.4) is 0 Å². The molecule has 1 aromatic rings. The summed E-state index contributed by atoms with van der Waals surface area (Å²) in [5.74, 6) is 0.754. The molecule has 1 atom stereocenters. The lowest BCUT2D eigenvalue weighted by molar-refractivity contribution is -0.0202. The van der Waals surface area contributed by atoms with E-state index in [-0.39, 0.29) is 0 Å². The second kappa shape index (κ2) is 9.03. The van der Waals surface area contributed by atoms with Crippen molar-refractivity contribution in [1.29, 1.82) is 0 Å². The maximum Gasteiger partial charge on any atom is 0.119 e. The molecule has 0 radical (unpaired) electrons. The van der Waals surface area contributed by atoms with Gasteiger partial charge in [0.2, 0.25) is 0 Å². The highest BCUT2D eigenvalue weighted by atomic mass is 16.5. The number of ether oxygens (including phenoxy) is 1. The quantitative estimate of drug-likeness (QED) is 0.580. The predicted octanol–water partition coefficient (Wildman–Crippen LogP) is 2.61. The SMILES string of the molecule is CCCC(O)(CCC)COc1cccc(CCC(N)O)c1. The van der Waals surface area contributed by atoms with Crippen LogP contribution in [0.2, 0.25) is 0 Å². The zero-order valence-corrected chi connectivity index (χ0v) is 13.2. The lowest BCUT2D eigenvalue weighted by Gasteiger charge is -2.27. The van der Waals surface area contributed by atoms with E-state index in [1.165, 1.54) is 0 Å². The number of hydrogen-bond acceptors (Lipinski definition) is 4. The van der Waals surface area contributed by atoms with Crippen LogP contribution in [-0.4, -0.2) is 28.6 Å².